The summed E-state index contributed by atoms with van der Waals surface area (Å²) >= 11 is 0. The summed E-state index contributed by atoms with van der Waals surface area (Å²) in [7, 11) is -2.46. The monoisotopic (exact) mass is 608 g/mol. The van der Waals surface area contributed by atoms with Gasteiger partial charge in [0.15, 0.2) is 25.8 Å². The molecule has 0 bridgehead atoms. The Morgan fingerprint density at radius 2 is 1.71 bits per heavy atom. The van der Waals surface area contributed by atoms with Crippen LogP contribution < -0.4 is 0 Å². The smallest absolute Gasteiger partial charge is 0.455 e. The summed E-state index contributed by atoms with van der Waals surface area (Å²) in [5.74, 6) is -1.90. The van der Waals surface area contributed by atoms with Gasteiger partial charge in [-0.3, -0.25) is 4.79 Å². The number of ketones is 1. The van der Waals surface area contributed by atoms with Gasteiger partial charge in [0, 0.05) is 23.8 Å². The first-order valence-corrected chi connectivity index (χ1v) is 17.9. The van der Waals surface area contributed by atoms with E-state index in [1.54, 1.807) is 20.8 Å². The number of carbonyl (C=O) groups excluding carboxylic acids is 3. The van der Waals surface area contributed by atoms with Crippen molar-refractivity contribution in [2.24, 2.45) is 16.7 Å². The van der Waals surface area contributed by atoms with E-state index in [1.807, 2.05) is 20.8 Å². The number of hydrogen-bond donors (Lipinski definition) is 1. The van der Waals surface area contributed by atoms with Crippen molar-refractivity contribution >= 4 is 26.2 Å². The van der Waals surface area contributed by atoms with Gasteiger partial charge in [0.05, 0.1) is 18.3 Å². The molecule has 3 rings (SSSR count). The summed E-state index contributed by atoms with van der Waals surface area (Å²) in [5, 5.41) is 13.0. The highest BCUT2D eigenvalue weighted by Gasteiger charge is 2.82. The average molecular weight is 609 g/mol. The Labute approximate surface area is 252 Å². The van der Waals surface area contributed by atoms with Gasteiger partial charge in [-0.25, -0.2) is 9.59 Å². The molecule has 0 aromatic heterocycles. The molecule has 9 nitrogen and oxygen atoms in total. The van der Waals surface area contributed by atoms with Crippen LogP contribution in [0, 0.1) is 16.7 Å². The lowest BCUT2D eigenvalue weighted by atomic mass is 9.39. The van der Waals surface area contributed by atoms with Gasteiger partial charge in [0.2, 0.25) is 0 Å². The number of fused-ring (bicyclic) bond motifs is 3. The quantitative estimate of drug-likeness (QED) is 0.163. The van der Waals surface area contributed by atoms with E-state index < -0.39 is 78.1 Å². The van der Waals surface area contributed by atoms with E-state index in [0.717, 1.165) is 6.08 Å². The normalized spacial score (nSPS) is 39.8. The molecule has 0 radical (unpaired) electrons. The molecule has 0 spiro atoms. The predicted octanol–water partition coefficient (Wildman–Crippen LogP) is 5.90. The van der Waals surface area contributed by atoms with Crippen LogP contribution >= 0.6 is 0 Å². The zero-order valence-electron chi connectivity index (χ0n) is 27.4. The summed E-state index contributed by atoms with van der Waals surface area (Å²) in [4.78, 5) is 40.4. The second kappa shape index (κ2) is 10.9. The summed E-state index contributed by atoms with van der Waals surface area (Å²) in [5.41, 5.74) is -7.24. The lowest BCUT2D eigenvalue weighted by molar-refractivity contribution is -0.369. The van der Waals surface area contributed by atoms with Crippen LogP contribution in [0.3, 0.4) is 0 Å². The van der Waals surface area contributed by atoms with Crippen molar-refractivity contribution in [2.45, 2.75) is 135 Å². The third-order valence-electron chi connectivity index (χ3n) is 10.8. The van der Waals surface area contributed by atoms with Crippen LogP contribution in [0.5, 0.6) is 0 Å². The average Bonchev–Trinajstić information content (AvgIpc) is 2.85. The Balaban J connectivity index is 2.43. The molecule has 2 aliphatic carbocycles. The van der Waals surface area contributed by atoms with Crippen LogP contribution in [0.2, 0.25) is 18.1 Å². The van der Waals surface area contributed by atoms with Crippen LogP contribution in [-0.4, -0.2) is 73.1 Å². The molecule has 1 aliphatic heterocycles. The zero-order valence-corrected chi connectivity index (χ0v) is 28.4. The van der Waals surface area contributed by atoms with E-state index in [2.05, 4.69) is 47.0 Å². The minimum atomic E-state index is -2.46. The number of Topliss-reactive ketones (excluding diaryl/α,β-unsaturated/α-hetero) is 1. The fraction of sp³-hybridized carbons (Fsp3) is 0.781. The number of rotatable bonds is 7. The Morgan fingerprint density at radius 3 is 2.21 bits per heavy atom. The first-order valence-electron chi connectivity index (χ1n) is 14.9. The van der Waals surface area contributed by atoms with E-state index in [9.17, 15) is 19.5 Å². The largest absolute Gasteiger partial charge is 0.508 e. The highest BCUT2D eigenvalue weighted by atomic mass is 28.4. The second-order valence-corrected chi connectivity index (χ2v) is 19.8. The van der Waals surface area contributed by atoms with Crippen molar-refractivity contribution in [3.8, 4) is 0 Å². The molecule has 2 saturated carbocycles. The molecule has 0 aromatic carbocycles. The molecule has 8 atom stereocenters. The highest BCUT2D eigenvalue weighted by molar-refractivity contribution is 6.74. The minimum Gasteiger partial charge on any atom is -0.455 e. The van der Waals surface area contributed by atoms with Crippen LogP contribution in [0.4, 0.5) is 4.79 Å². The first-order chi connectivity index (χ1) is 19.0. The lowest BCUT2D eigenvalue weighted by Gasteiger charge is -2.72. The standard InChI is InChI=1S/C32H52O9Si/c1-14-22(34)38-23-24-28(7,8)18-17-21(40-42(12,13)27(4,5)6)30(24,10)32(36)20(33)19-29(9,15-2)41-31(32,11)25(23)39-26(35)37-16-3/h14-15,21,23-25,36H,1-2,16-19H2,3-13H3/t21-,23-,24-,25-,29-,30-,31+,32-/m0/s1. The number of carbonyl (C=O) groups is 3. The Bertz CT molecular complexity index is 1130. The van der Waals surface area contributed by atoms with Crippen LogP contribution in [-0.2, 0) is 33.0 Å². The van der Waals surface area contributed by atoms with Gasteiger partial charge >= 0.3 is 12.1 Å². The summed E-state index contributed by atoms with van der Waals surface area (Å²) in [6.07, 6.45) is -0.591. The molecule has 3 fully saturated rings. The van der Waals surface area contributed by atoms with E-state index in [4.69, 9.17) is 23.4 Å². The highest BCUT2D eigenvalue weighted by Crippen LogP contribution is 2.68. The molecule has 238 valence electrons. The van der Waals surface area contributed by atoms with E-state index in [-0.39, 0.29) is 18.1 Å². The van der Waals surface area contributed by atoms with E-state index in [1.165, 1.54) is 6.08 Å². The predicted molar refractivity (Wildman–Crippen MR) is 161 cm³/mol. The maximum atomic E-state index is 14.5. The Morgan fingerprint density at radius 1 is 1.12 bits per heavy atom. The van der Waals surface area contributed by atoms with Crippen molar-refractivity contribution in [3.05, 3.63) is 25.3 Å². The molecule has 0 aromatic rings. The van der Waals surface area contributed by atoms with E-state index >= 15 is 0 Å². The van der Waals surface area contributed by atoms with Crippen LogP contribution in [0.1, 0.15) is 81.6 Å². The summed E-state index contributed by atoms with van der Waals surface area (Å²) < 4.78 is 30.9. The van der Waals surface area contributed by atoms with Crippen LogP contribution in [0.25, 0.3) is 0 Å². The molecule has 1 heterocycles. The number of ether oxygens (including phenoxy) is 4. The molecule has 1 saturated heterocycles. The Hall–Kier alpha value is -2.01. The molecule has 1 N–H and O–H groups in total. The number of esters is 1. The van der Waals surface area contributed by atoms with Crippen molar-refractivity contribution in [1.29, 1.82) is 0 Å². The fourth-order valence-corrected chi connectivity index (χ4v) is 9.12. The van der Waals surface area contributed by atoms with Gasteiger partial charge in [-0.1, -0.05) is 54.2 Å². The molecule has 42 heavy (non-hydrogen) atoms. The number of hydrogen-bond acceptors (Lipinski definition) is 9. The number of aliphatic hydroxyl groups is 1. The second-order valence-electron chi connectivity index (χ2n) is 15.0. The van der Waals surface area contributed by atoms with Gasteiger partial charge in [-0.15, -0.1) is 6.58 Å². The molecule has 10 heteroatoms. The molecular weight excluding hydrogens is 556 g/mol. The molecule has 3 aliphatic rings. The minimum absolute atomic E-state index is 0.0306. The lowest BCUT2D eigenvalue weighted by Crippen LogP contribution is -2.87. The van der Waals surface area contributed by atoms with Gasteiger partial charge in [0.1, 0.15) is 11.7 Å². The SMILES string of the molecule is C=CC(=O)O[C@H]1[C@H]2C(C)(C)CC[C@H](O[Si](C)(C)C(C)(C)C)[C@]2(C)[C@@]2(O)C(=O)C[C@](C)(C=C)O[C@]2(C)[C@H]1OC(=O)OCC. The van der Waals surface area contributed by atoms with Crippen molar-refractivity contribution < 1.29 is 42.9 Å². The van der Waals surface area contributed by atoms with E-state index in [0.29, 0.717) is 12.8 Å². The van der Waals surface area contributed by atoms with Crippen molar-refractivity contribution in [2.75, 3.05) is 6.61 Å². The van der Waals surface area contributed by atoms with Gasteiger partial charge in [0.25, 0.3) is 0 Å². The molecule has 0 unspecified atom stereocenters. The van der Waals surface area contributed by atoms with Gasteiger partial charge in [-0.2, -0.15) is 0 Å². The maximum Gasteiger partial charge on any atom is 0.508 e. The maximum absolute atomic E-state index is 14.5. The zero-order chi connectivity index (χ0) is 32.3. The molecular formula is C32H52O9Si. The third-order valence-corrected chi connectivity index (χ3v) is 15.3. The third kappa shape index (κ3) is 5.10. The molecule has 0 amide bonds. The fourth-order valence-electron chi connectivity index (χ4n) is 7.69. The summed E-state index contributed by atoms with van der Waals surface area (Å²) in [6, 6.07) is 0. The summed E-state index contributed by atoms with van der Waals surface area (Å²) in [6.45, 7) is 28.9. The van der Waals surface area contributed by atoms with Crippen LogP contribution in [0.15, 0.2) is 25.3 Å². The topological polar surface area (TPSA) is 118 Å². The first kappa shape index (κ1) is 34.5. The van der Waals surface area contributed by atoms with Crippen molar-refractivity contribution in [1.82, 2.24) is 0 Å². The van der Waals surface area contributed by atoms with Gasteiger partial charge in [-0.05, 0) is 57.2 Å². The van der Waals surface area contributed by atoms with Gasteiger partial charge < -0.3 is 28.5 Å². The Kier molecular flexibility index (Phi) is 8.91. The van der Waals surface area contributed by atoms with Crippen molar-refractivity contribution in [3.63, 3.8) is 0 Å².